The number of sulfonamides is 1. The smallest absolute Gasteiger partial charge is 0.225 e. The Bertz CT molecular complexity index is 552. The molecule has 0 aliphatic rings. The van der Waals surface area contributed by atoms with Gasteiger partial charge in [0.25, 0.3) is 0 Å². The van der Waals surface area contributed by atoms with Crippen molar-refractivity contribution in [1.82, 2.24) is 10.2 Å². The molecule has 16 heavy (non-hydrogen) atoms. The van der Waals surface area contributed by atoms with Gasteiger partial charge in [0.2, 0.25) is 10.0 Å². The lowest BCUT2D eigenvalue weighted by molar-refractivity contribution is 0.598. The molecule has 2 rings (SSSR count). The highest BCUT2D eigenvalue weighted by molar-refractivity contribution is 7.89. The zero-order chi connectivity index (χ0) is 12.9. The maximum absolute atomic E-state index is 10.6. The summed E-state index contributed by atoms with van der Waals surface area (Å²) in [6.45, 7) is 1.83. The maximum atomic E-state index is 10.6. The molecule has 0 saturated heterocycles. The molecule has 0 spiro atoms. The third-order valence-corrected chi connectivity index (χ3v) is 2.98. The molecule has 7 heteroatoms. The van der Waals surface area contributed by atoms with Gasteiger partial charge in [-0.1, -0.05) is 18.2 Å². The molecule has 1 aromatic heterocycles. The van der Waals surface area contributed by atoms with Crippen molar-refractivity contribution in [1.29, 1.82) is 0 Å². The number of primary sulfonamides is 1. The minimum Gasteiger partial charge on any atom is -0.225 e. The van der Waals surface area contributed by atoms with Crippen LogP contribution in [0.2, 0.25) is 0 Å². The average Bonchev–Trinajstić information content (AvgIpc) is 2.63. The van der Waals surface area contributed by atoms with Crippen molar-refractivity contribution in [2.75, 3.05) is 0 Å². The highest BCUT2D eigenvalue weighted by Crippen LogP contribution is 2.03. The Morgan fingerprint density at radius 2 is 2.00 bits per heavy atom. The van der Waals surface area contributed by atoms with Gasteiger partial charge in [-0.05, 0) is 19.1 Å². The zero-order valence-corrected chi connectivity index (χ0v) is 10.1. The molecule has 86 valence electrons. The number of aromatic nitrogens is 2. The fourth-order valence-electron chi connectivity index (χ4n) is 0.808. The van der Waals surface area contributed by atoms with E-state index >= 15 is 0 Å². The monoisotopic (exact) mass is 258 g/mol. The van der Waals surface area contributed by atoms with Crippen molar-refractivity contribution in [2.24, 2.45) is 5.14 Å². The van der Waals surface area contributed by atoms with E-state index in [2.05, 4.69) is 10.2 Å². The Kier molecular flexibility index (Phi) is 3.97. The minimum absolute atomic E-state index is 0.148. The van der Waals surface area contributed by atoms with E-state index in [1.165, 1.54) is 23.5 Å². The molecule has 0 saturated carbocycles. The molecule has 0 aliphatic heterocycles. The third kappa shape index (κ3) is 4.47. The quantitative estimate of drug-likeness (QED) is 0.832. The fraction of sp³-hybridized carbons (Fsp3) is 0.111. The van der Waals surface area contributed by atoms with Gasteiger partial charge in [0.05, 0.1) is 6.27 Å². The summed E-state index contributed by atoms with van der Waals surface area (Å²) in [6.07, 6.45) is 0. The van der Waals surface area contributed by atoms with Crippen molar-refractivity contribution in [3.05, 3.63) is 40.8 Å². The van der Waals surface area contributed by atoms with Crippen molar-refractivity contribution in [2.45, 2.75) is 11.8 Å². The van der Waals surface area contributed by atoms with Crippen molar-refractivity contribution in [3.8, 4) is 0 Å². The van der Waals surface area contributed by atoms with Crippen molar-refractivity contribution in [3.63, 3.8) is 0 Å². The molecule has 0 fully saturated rings. The topological polar surface area (TPSA) is 85.9 Å². The largest absolute Gasteiger partial charge is 0.238 e. The highest BCUT2D eigenvalue weighted by atomic mass is 32.2. The van der Waals surface area contributed by atoms with Gasteiger partial charge < -0.3 is 0 Å². The van der Waals surface area contributed by atoms with Crippen LogP contribution in [0.5, 0.6) is 0 Å². The van der Waals surface area contributed by atoms with E-state index in [0.717, 1.165) is 5.01 Å². The van der Waals surface area contributed by atoms with E-state index in [0.29, 0.717) is 0 Å². The van der Waals surface area contributed by atoms with Crippen LogP contribution < -0.4 is 5.14 Å². The predicted molar refractivity (Wildman–Crippen MR) is 62.5 cm³/mol. The molecule has 0 radical (unpaired) electrons. The second-order valence-electron chi connectivity index (χ2n) is 2.77. The van der Waals surface area contributed by atoms with Crippen LogP contribution >= 0.6 is 11.3 Å². The summed E-state index contributed by atoms with van der Waals surface area (Å²) in [6, 6.07) is 7.89. The summed E-state index contributed by atoms with van der Waals surface area (Å²) in [5.41, 5.74) is 0.289. The number of benzene rings is 1. The van der Waals surface area contributed by atoms with Gasteiger partial charge in [-0.3, -0.25) is 0 Å². The fourth-order valence-corrected chi connectivity index (χ4v) is 1.64. The molecular formula is C9H11N3O2S2. The van der Waals surface area contributed by atoms with E-state index in [1.54, 1.807) is 18.2 Å². The van der Waals surface area contributed by atoms with Crippen LogP contribution in [-0.4, -0.2) is 18.6 Å². The Morgan fingerprint density at radius 1 is 1.38 bits per heavy atom. The molecule has 0 bridgehead atoms. The molecule has 0 unspecified atom stereocenters. The maximum Gasteiger partial charge on any atom is 0.238 e. The number of rotatable bonds is 1. The number of hydrogen-bond donors (Lipinski definition) is 1. The standard InChI is InChI=1S/C6H7NO2S.C3H4N2S/c7-10(8,9)6-4-2-1-3-5-6;1-3-5-4-2-6-3/h1-5H,(H2,7,8,9);2H,1H3/i;2D. The van der Waals surface area contributed by atoms with Gasteiger partial charge in [-0.15, -0.1) is 21.5 Å². The van der Waals surface area contributed by atoms with E-state index < -0.39 is 10.0 Å². The average molecular weight is 258 g/mol. The Morgan fingerprint density at radius 3 is 2.25 bits per heavy atom. The summed E-state index contributed by atoms with van der Waals surface area (Å²) in [7, 11) is -3.50. The van der Waals surface area contributed by atoms with Crippen LogP contribution in [-0.2, 0) is 10.0 Å². The first-order valence-corrected chi connectivity index (χ1v) is 6.60. The second-order valence-corrected chi connectivity index (χ2v) is 5.31. The number of hydrogen-bond acceptors (Lipinski definition) is 5. The zero-order valence-electron chi connectivity index (χ0n) is 9.49. The van der Waals surface area contributed by atoms with E-state index in [-0.39, 0.29) is 10.4 Å². The van der Waals surface area contributed by atoms with Crippen molar-refractivity contribution < 1.29 is 9.79 Å². The Balaban J connectivity index is 0.000000181. The summed E-state index contributed by atoms with van der Waals surface area (Å²) < 4.78 is 28.1. The van der Waals surface area contributed by atoms with Gasteiger partial charge in [0.15, 0.2) is 0 Å². The summed E-state index contributed by atoms with van der Waals surface area (Å²) in [4.78, 5) is 0.148. The van der Waals surface area contributed by atoms with Crippen LogP contribution in [0.25, 0.3) is 0 Å². The Labute approximate surface area is 99.4 Å². The summed E-state index contributed by atoms with van der Waals surface area (Å²) >= 11 is 1.29. The number of aryl methyl sites for hydroxylation is 1. The summed E-state index contributed by atoms with van der Waals surface area (Å²) in [5.74, 6) is 0. The molecule has 2 aromatic rings. The molecule has 0 atom stereocenters. The highest BCUT2D eigenvalue weighted by Gasteiger charge is 2.03. The van der Waals surface area contributed by atoms with E-state index in [1.807, 2.05) is 6.92 Å². The van der Waals surface area contributed by atoms with Crippen LogP contribution in [0, 0.1) is 6.92 Å². The van der Waals surface area contributed by atoms with Crippen LogP contribution in [0.3, 0.4) is 0 Å². The molecule has 2 N–H and O–H groups in total. The number of nitrogens with two attached hydrogens (primary N) is 1. The second kappa shape index (κ2) is 5.69. The predicted octanol–water partition coefficient (Wildman–Crippen LogP) is 1.18. The molecule has 5 nitrogen and oxygen atoms in total. The molecule has 1 aromatic carbocycles. The Hall–Kier alpha value is -1.31. The first kappa shape index (κ1) is 11.2. The van der Waals surface area contributed by atoms with Crippen LogP contribution in [0.15, 0.2) is 40.7 Å². The molecule has 0 amide bonds. The molecule has 1 heterocycles. The molecule has 0 aliphatic carbocycles. The van der Waals surface area contributed by atoms with E-state index in [4.69, 9.17) is 6.51 Å². The lowest BCUT2D eigenvalue weighted by Gasteiger charge is -1.93. The lowest BCUT2D eigenvalue weighted by Crippen LogP contribution is -2.11. The summed E-state index contributed by atoms with van der Waals surface area (Å²) in [5, 5.41) is 12.7. The van der Waals surface area contributed by atoms with Gasteiger partial charge >= 0.3 is 0 Å². The van der Waals surface area contributed by atoms with Gasteiger partial charge in [-0.2, -0.15) is 0 Å². The SMILES string of the molecule is NS(=O)(=O)c1ccccc1.[2H]c1nnc(C)s1. The van der Waals surface area contributed by atoms with E-state index in [9.17, 15) is 8.42 Å². The normalized spacial score (nSPS) is 11.2. The van der Waals surface area contributed by atoms with Gasteiger partial charge in [0, 0.05) is 0 Å². The van der Waals surface area contributed by atoms with Gasteiger partial charge in [0.1, 0.15) is 10.5 Å². The number of nitrogens with zero attached hydrogens (tertiary/aromatic N) is 2. The molecular weight excluding hydrogens is 246 g/mol. The van der Waals surface area contributed by atoms with Crippen LogP contribution in [0.4, 0.5) is 0 Å². The van der Waals surface area contributed by atoms with Crippen LogP contribution in [0.1, 0.15) is 6.38 Å². The van der Waals surface area contributed by atoms with Crippen molar-refractivity contribution >= 4 is 21.4 Å². The first-order valence-electron chi connectivity index (χ1n) is 4.74. The third-order valence-electron chi connectivity index (χ3n) is 1.50. The minimum atomic E-state index is -3.50. The van der Waals surface area contributed by atoms with Gasteiger partial charge in [-0.25, -0.2) is 13.6 Å². The lowest BCUT2D eigenvalue weighted by atomic mass is 10.4. The first-order chi connectivity index (χ1) is 7.89.